The fourth-order valence-electron chi connectivity index (χ4n) is 1.30. The molecule has 0 aliphatic rings. The van der Waals surface area contributed by atoms with Crippen LogP contribution < -0.4 is 5.32 Å². The third-order valence-electron chi connectivity index (χ3n) is 2.08. The molecule has 0 amide bonds. The molecule has 4 heteroatoms. The van der Waals surface area contributed by atoms with Crippen LogP contribution in [0.15, 0.2) is 18.3 Å². The molecule has 0 aromatic carbocycles. The highest BCUT2D eigenvalue weighted by Gasteiger charge is 2.02. The van der Waals surface area contributed by atoms with Crippen LogP contribution in [-0.4, -0.2) is 22.7 Å². The maximum absolute atomic E-state index is 8.70. The number of hydrogen-bond acceptors (Lipinski definition) is 4. The van der Waals surface area contributed by atoms with Crippen LogP contribution in [0.4, 0.5) is 5.82 Å². The summed E-state index contributed by atoms with van der Waals surface area (Å²) in [5.74, 6) is 0.708. The summed E-state index contributed by atoms with van der Waals surface area (Å²) in [5.41, 5.74) is 0.599. The van der Waals surface area contributed by atoms with Crippen LogP contribution in [-0.2, 0) is 0 Å². The standard InChI is InChI=1S/C11H15N3O/c1-9(3-2-6-15)14-11-7-10(8-12)4-5-13-11/h4-5,7,9,15H,2-3,6H2,1H3,(H,13,14). The van der Waals surface area contributed by atoms with Gasteiger partial charge in [-0.15, -0.1) is 0 Å². The monoisotopic (exact) mass is 205 g/mol. The molecule has 1 unspecified atom stereocenters. The van der Waals surface area contributed by atoms with Crippen molar-refractivity contribution in [3.8, 4) is 6.07 Å². The zero-order chi connectivity index (χ0) is 11.1. The molecule has 15 heavy (non-hydrogen) atoms. The first-order valence-electron chi connectivity index (χ1n) is 5.00. The van der Waals surface area contributed by atoms with Gasteiger partial charge in [0, 0.05) is 18.8 Å². The Morgan fingerprint density at radius 3 is 3.13 bits per heavy atom. The molecule has 80 valence electrons. The third-order valence-corrected chi connectivity index (χ3v) is 2.08. The Hall–Kier alpha value is -1.60. The van der Waals surface area contributed by atoms with E-state index in [0.717, 1.165) is 12.8 Å². The van der Waals surface area contributed by atoms with E-state index in [-0.39, 0.29) is 12.6 Å². The lowest BCUT2D eigenvalue weighted by Crippen LogP contribution is -2.16. The average Bonchev–Trinajstić information content (AvgIpc) is 2.26. The van der Waals surface area contributed by atoms with Crippen molar-refractivity contribution in [2.75, 3.05) is 11.9 Å². The summed E-state index contributed by atoms with van der Waals surface area (Å²) in [6, 6.07) is 5.70. The van der Waals surface area contributed by atoms with E-state index in [4.69, 9.17) is 10.4 Å². The average molecular weight is 205 g/mol. The van der Waals surface area contributed by atoms with Crippen LogP contribution in [0.3, 0.4) is 0 Å². The highest BCUT2D eigenvalue weighted by molar-refractivity contribution is 5.42. The molecule has 0 saturated carbocycles. The summed E-state index contributed by atoms with van der Waals surface area (Å²) in [7, 11) is 0. The maximum atomic E-state index is 8.70. The smallest absolute Gasteiger partial charge is 0.127 e. The van der Waals surface area contributed by atoms with Crippen LogP contribution in [0, 0.1) is 11.3 Å². The summed E-state index contributed by atoms with van der Waals surface area (Å²) in [4.78, 5) is 4.11. The summed E-state index contributed by atoms with van der Waals surface area (Å²) in [6.45, 7) is 2.23. The van der Waals surface area contributed by atoms with Crippen molar-refractivity contribution in [3.05, 3.63) is 23.9 Å². The Balaban J connectivity index is 2.53. The van der Waals surface area contributed by atoms with Gasteiger partial charge in [-0.3, -0.25) is 0 Å². The van der Waals surface area contributed by atoms with Gasteiger partial charge in [-0.25, -0.2) is 4.98 Å². The van der Waals surface area contributed by atoms with Crippen molar-refractivity contribution in [2.24, 2.45) is 0 Å². The van der Waals surface area contributed by atoms with Gasteiger partial charge in [0.05, 0.1) is 11.6 Å². The zero-order valence-electron chi connectivity index (χ0n) is 8.77. The minimum atomic E-state index is 0.206. The van der Waals surface area contributed by atoms with Gasteiger partial charge in [0.25, 0.3) is 0 Å². The van der Waals surface area contributed by atoms with E-state index in [1.165, 1.54) is 0 Å². The van der Waals surface area contributed by atoms with Gasteiger partial charge in [-0.1, -0.05) is 0 Å². The van der Waals surface area contributed by atoms with Crippen molar-refractivity contribution in [1.82, 2.24) is 4.98 Å². The lowest BCUT2D eigenvalue weighted by molar-refractivity contribution is 0.282. The molecular weight excluding hydrogens is 190 g/mol. The van der Waals surface area contributed by atoms with Gasteiger partial charge >= 0.3 is 0 Å². The number of aliphatic hydroxyl groups is 1. The van der Waals surface area contributed by atoms with Crippen LogP contribution in [0.25, 0.3) is 0 Å². The number of aromatic nitrogens is 1. The molecular formula is C11H15N3O. The third kappa shape index (κ3) is 3.96. The molecule has 0 spiro atoms. The molecule has 4 nitrogen and oxygen atoms in total. The summed E-state index contributed by atoms with van der Waals surface area (Å²) in [5, 5.41) is 20.6. The Morgan fingerprint density at radius 2 is 2.47 bits per heavy atom. The minimum Gasteiger partial charge on any atom is -0.396 e. The van der Waals surface area contributed by atoms with Crippen molar-refractivity contribution in [2.45, 2.75) is 25.8 Å². The van der Waals surface area contributed by atoms with Crippen molar-refractivity contribution in [3.63, 3.8) is 0 Å². The number of pyridine rings is 1. The van der Waals surface area contributed by atoms with Crippen LogP contribution in [0.2, 0.25) is 0 Å². The molecule has 0 saturated heterocycles. The number of rotatable bonds is 5. The number of hydrogen-bond donors (Lipinski definition) is 2. The molecule has 1 aromatic heterocycles. The molecule has 1 rings (SSSR count). The topological polar surface area (TPSA) is 68.9 Å². The molecule has 1 aromatic rings. The van der Waals surface area contributed by atoms with Crippen LogP contribution in [0.1, 0.15) is 25.3 Å². The predicted molar refractivity (Wildman–Crippen MR) is 58.4 cm³/mol. The fourth-order valence-corrected chi connectivity index (χ4v) is 1.30. The van der Waals surface area contributed by atoms with E-state index < -0.39 is 0 Å². The first kappa shape index (κ1) is 11.5. The predicted octanol–water partition coefficient (Wildman–Crippen LogP) is 1.53. The quantitative estimate of drug-likeness (QED) is 0.764. The molecule has 1 heterocycles. The SMILES string of the molecule is CC(CCCO)Nc1cc(C#N)ccn1. The molecule has 2 N–H and O–H groups in total. The van der Waals surface area contributed by atoms with E-state index in [1.807, 2.05) is 6.92 Å². The van der Waals surface area contributed by atoms with Crippen molar-refractivity contribution >= 4 is 5.82 Å². The van der Waals surface area contributed by atoms with Crippen molar-refractivity contribution < 1.29 is 5.11 Å². The highest BCUT2D eigenvalue weighted by atomic mass is 16.2. The molecule has 0 aliphatic carbocycles. The summed E-state index contributed by atoms with van der Waals surface area (Å²) < 4.78 is 0. The molecule has 1 atom stereocenters. The molecule has 0 radical (unpaired) electrons. The minimum absolute atomic E-state index is 0.206. The highest BCUT2D eigenvalue weighted by Crippen LogP contribution is 2.09. The first-order valence-corrected chi connectivity index (χ1v) is 5.00. The zero-order valence-corrected chi connectivity index (χ0v) is 8.77. The Bertz CT molecular complexity index is 346. The normalized spacial score (nSPS) is 11.8. The Kier molecular flexibility index (Phi) is 4.58. The molecule has 0 bridgehead atoms. The lowest BCUT2D eigenvalue weighted by Gasteiger charge is -2.13. The largest absolute Gasteiger partial charge is 0.396 e. The number of nitrogens with zero attached hydrogens (tertiary/aromatic N) is 2. The van der Waals surface area contributed by atoms with Crippen molar-refractivity contribution in [1.29, 1.82) is 5.26 Å². The summed E-state index contributed by atoms with van der Waals surface area (Å²) >= 11 is 0. The van der Waals surface area contributed by atoms with E-state index >= 15 is 0 Å². The van der Waals surface area contributed by atoms with Gasteiger partial charge in [-0.05, 0) is 31.9 Å². The number of nitriles is 1. The van der Waals surface area contributed by atoms with Crippen LogP contribution in [0.5, 0.6) is 0 Å². The van der Waals surface area contributed by atoms with E-state index in [2.05, 4.69) is 16.4 Å². The number of anilines is 1. The van der Waals surface area contributed by atoms with Gasteiger partial charge < -0.3 is 10.4 Å². The van der Waals surface area contributed by atoms with Gasteiger partial charge in [0.15, 0.2) is 0 Å². The van der Waals surface area contributed by atoms with E-state index in [9.17, 15) is 0 Å². The Morgan fingerprint density at radius 1 is 1.67 bits per heavy atom. The van der Waals surface area contributed by atoms with Crippen LogP contribution >= 0.6 is 0 Å². The summed E-state index contributed by atoms with van der Waals surface area (Å²) in [6.07, 6.45) is 3.26. The number of nitrogens with one attached hydrogen (secondary N) is 1. The van der Waals surface area contributed by atoms with E-state index in [0.29, 0.717) is 11.4 Å². The van der Waals surface area contributed by atoms with Gasteiger partial charge in [0.1, 0.15) is 5.82 Å². The number of aliphatic hydroxyl groups excluding tert-OH is 1. The first-order chi connectivity index (χ1) is 7.26. The Labute approximate surface area is 89.6 Å². The second-order valence-electron chi connectivity index (χ2n) is 3.45. The molecule has 0 aliphatic heterocycles. The van der Waals surface area contributed by atoms with Gasteiger partial charge in [-0.2, -0.15) is 5.26 Å². The van der Waals surface area contributed by atoms with Gasteiger partial charge in [0.2, 0.25) is 0 Å². The lowest BCUT2D eigenvalue weighted by atomic mass is 10.2. The second-order valence-corrected chi connectivity index (χ2v) is 3.45. The second kappa shape index (κ2) is 5.99. The molecule has 0 fully saturated rings. The maximum Gasteiger partial charge on any atom is 0.127 e. The van der Waals surface area contributed by atoms with E-state index in [1.54, 1.807) is 18.3 Å². The fraction of sp³-hybridized carbons (Fsp3) is 0.455.